The Bertz CT molecular complexity index is 623. The normalized spacial score (nSPS) is 10.2. The van der Waals surface area contributed by atoms with Crippen molar-refractivity contribution in [2.24, 2.45) is 0 Å². The van der Waals surface area contributed by atoms with Gasteiger partial charge in [0.1, 0.15) is 5.69 Å². The number of carbonyl (C=O) groups is 1. The average Bonchev–Trinajstić information content (AvgIpc) is 2.89. The van der Waals surface area contributed by atoms with E-state index in [9.17, 15) is 4.79 Å². The van der Waals surface area contributed by atoms with Gasteiger partial charge in [0, 0.05) is 17.0 Å². The molecular weight excluding hydrogens is 258 g/mol. The van der Waals surface area contributed by atoms with Gasteiger partial charge in [-0.05, 0) is 24.3 Å². The van der Waals surface area contributed by atoms with Crippen molar-refractivity contribution in [2.45, 2.75) is 19.8 Å². The topological polar surface area (TPSA) is 65.8 Å². The standard InChI is InChI=1S/C14H13N3OS/c1-9(2)14-17-12(8-19-14)13(18)16-11-5-3-10(7-15)4-6-11/h3-6,8-9H,1-2H3,(H,16,18). The van der Waals surface area contributed by atoms with Crippen LogP contribution in [0, 0.1) is 11.3 Å². The molecule has 0 saturated carbocycles. The zero-order valence-electron chi connectivity index (χ0n) is 10.7. The molecule has 0 bridgehead atoms. The Hall–Kier alpha value is -2.19. The Morgan fingerprint density at radius 3 is 2.58 bits per heavy atom. The predicted molar refractivity (Wildman–Crippen MR) is 75.3 cm³/mol. The number of hydrogen-bond acceptors (Lipinski definition) is 4. The lowest BCUT2D eigenvalue weighted by Crippen LogP contribution is -2.12. The quantitative estimate of drug-likeness (QED) is 0.930. The first kappa shape index (κ1) is 13.2. The fourth-order valence-electron chi connectivity index (χ4n) is 1.48. The Morgan fingerprint density at radius 2 is 2.05 bits per heavy atom. The van der Waals surface area contributed by atoms with Gasteiger partial charge in [0.15, 0.2) is 0 Å². The summed E-state index contributed by atoms with van der Waals surface area (Å²) >= 11 is 1.49. The highest BCUT2D eigenvalue weighted by Gasteiger charge is 2.12. The van der Waals surface area contributed by atoms with Gasteiger partial charge in [-0.25, -0.2) is 4.98 Å². The van der Waals surface area contributed by atoms with Crippen LogP contribution in [-0.4, -0.2) is 10.9 Å². The van der Waals surface area contributed by atoms with E-state index in [4.69, 9.17) is 5.26 Å². The summed E-state index contributed by atoms with van der Waals surface area (Å²) in [6, 6.07) is 8.76. The lowest BCUT2D eigenvalue weighted by molar-refractivity contribution is 0.102. The van der Waals surface area contributed by atoms with Crippen LogP contribution in [-0.2, 0) is 0 Å². The van der Waals surface area contributed by atoms with Gasteiger partial charge in [-0.2, -0.15) is 5.26 Å². The molecule has 0 saturated heterocycles. The molecule has 19 heavy (non-hydrogen) atoms. The summed E-state index contributed by atoms with van der Waals surface area (Å²) < 4.78 is 0. The van der Waals surface area contributed by atoms with E-state index < -0.39 is 0 Å². The molecule has 0 atom stereocenters. The fourth-order valence-corrected chi connectivity index (χ4v) is 2.30. The van der Waals surface area contributed by atoms with E-state index >= 15 is 0 Å². The summed E-state index contributed by atoms with van der Waals surface area (Å²) in [5, 5.41) is 14.2. The second-order valence-corrected chi connectivity index (χ2v) is 5.26. The third-order valence-corrected chi connectivity index (χ3v) is 3.67. The molecule has 0 aliphatic carbocycles. The third-order valence-electron chi connectivity index (χ3n) is 2.52. The van der Waals surface area contributed by atoms with Crippen LogP contribution in [0.1, 0.15) is 40.8 Å². The molecular formula is C14H13N3OS. The van der Waals surface area contributed by atoms with Gasteiger partial charge in [-0.15, -0.1) is 11.3 Å². The minimum Gasteiger partial charge on any atom is -0.321 e. The maximum atomic E-state index is 12.0. The molecule has 96 valence electrons. The molecule has 0 radical (unpaired) electrons. The molecule has 1 aromatic heterocycles. The van der Waals surface area contributed by atoms with E-state index in [0.29, 0.717) is 22.9 Å². The van der Waals surface area contributed by atoms with E-state index in [-0.39, 0.29) is 5.91 Å². The minimum atomic E-state index is -0.229. The highest BCUT2D eigenvalue weighted by Crippen LogP contribution is 2.20. The number of nitriles is 1. The molecule has 1 amide bonds. The number of rotatable bonds is 3. The van der Waals surface area contributed by atoms with Crippen molar-refractivity contribution in [3.63, 3.8) is 0 Å². The highest BCUT2D eigenvalue weighted by atomic mass is 32.1. The van der Waals surface area contributed by atoms with Crippen molar-refractivity contribution < 1.29 is 4.79 Å². The average molecular weight is 271 g/mol. The monoisotopic (exact) mass is 271 g/mol. The van der Waals surface area contributed by atoms with Gasteiger partial charge in [0.25, 0.3) is 5.91 Å². The summed E-state index contributed by atoms with van der Waals surface area (Å²) in [6.07, 6.45) is 0. The van der Waals surface area contributed by atoms with Crippen molar-refractivity contribution in [1.82, 2.24) is 4.98 Å². The number of nitrogens with zero attached hydrogens (tertiary/aromatic N) is 2. The molecule has 2 aromatic rings. The van der Waals surface area contributed by atoms with Gasteiger partial charge < -0.3 is 5.32 Å². The van der Waals surface area contributed by atoms with Crippen LogP contribution in [0.4, 0.5) is 5.69 Å². The second-order valence-electron chi connectivity index (χ2n) is 4.37. The number of nitrogens with one attached hydrogen (secondary N) is 1. The highest BCUT2D eigenvalue weighted by molar-refractivity contribution is 7.09. The van der Waals surface area contributed by atoms with Crippen LogP contribution in [0.15, 0.2) is 29.6 Å². The van der Waals surface area contributed by atoms with Gasteiger partial charge >= 0.3 is 0 Å². The van der Waals surface area contributed by atoms with Crippen molar-refractivity contribution in [1.29, 1.82) is 5.26 Å². The Morgan fingerprint density at radius 1 is 1.37 bits per heavy atom. The van der Waals surface area contributed by atoms with Gasteiger partial charge in [-0.1, -0.05) is 13.8 Å². The number of hydrogen-bond donors (Lipinski definition) is 1. The van der Waals surface area contributed by atoms with Crippen molar-refractivity contribution in [3.8, 4) is 6.07 Å². The summed E-state index contributed by atoms with van der Waals surface area (Å²) in [4.78, 5) is 16.3. The maximum Gasteiger partial charge on any atom is 0.275 e. The van der Waals surface area contributed by atoms with Crippen LogP contribution in [0.5, 0.6) is 0 Å². The maximum absolute atomic E-state index is 12.0. The number of benzene rings is 1. The Kier molecular flexibility index (Phi) is 3.93. The first-order chi connectivity index (χ1) is 9.10. The zero-order chi connectivity index (χ0) is 13.8. The third kappa shape index (κ3) is 3.18. The first-order valence-electron chi connectivity index (χ1n) is 5.87. The lowest BCUT2D eigenvalue weighted by atomic mass is 10.2. The summed E-state index contributed by atoms with van der Waals surface area (Å²) in [7, 11) is 0. The van der Waals surface area contributed by atoms with Gasteiger partial charge in [-0.3, -0.25) is 4.79 Å². The molecule has 1 aromatic carbocycles. The lowest BCUT2D eigenvalue weighted by Gasteiger charge is -2.03. The second kappa shape index (κ2) is 5.63. The fraction of sp³-hybridized carbons (Fsp3) is 0.214. The Balaban J connectivity index is 2.09. The predicted octanol–water partition coefficient (Wildman–Crippen LogP) is 3.39. The van der Waals surface area contributed by atoms with E-state index in [0.717, 1.165) is 5.01 Å². The van der Waals surface area contributed by atoms with Crippen molar-refractivity contribution in [3.05, 3.63) is 45.9 Å². The number of thiazole rings is 1. The van der Waals surface area contributed by atoms with E-state index in [1.54, 1.807) is 29.6 Å². The summed E-state index contributed by atoms with van der Waals surface area (Å²) in [5.41, 5.74) is 1.65. The van der Waals surface area contributed by atoms with Gasteiger partial charge in [0.05, 0.1) is 16.6 Å². The number of carbonyl (C=O) groups excluding carboxylic acids is 1. The molecule has 1 heterocycles. The summed E-state index contributed by atoms with van der Waals surface area (Å²) in [5.74, 6) is 0.0920. The van der Waals surface area contributed by atoms with Crippen molar-refractivity contribution in [2.75, 3.05) is 5.32 Å². The zero-order valence-corrected chi connectivity index (χ0v) is 11.5. The molecule has 0 aliphatic heterocycles. The van der Waals surface area contributed by atoms with Crippen LogP contribution in [0.2, 0.25) is 0 Å². The molecule has 0 aliphatic rings. The van der Waals surface area contributed by atoms with Crippen LogP contribution in [0.25, 0.3) is 0 Å². The minimum absolute atomic E-state index is 0.229. The molecule has 2 rings (SSSR count). The largest absolute Gasteiger partial charge is 0.321 e. The van der Waals surface area contributed by atoms with E-state index in [1.807, 2.05) is 19.9 Å². The van der Waals surface area contributed by atoms with Crippen molar-refractivity contribution >= 4 is 22.9 Å². The van der Waals surface area contributed by atoms with Gasteiger partial charge in [0.2, 0.25) is 0 Å². The molecule has 4 nitrogen and oxygen atoms in total. The SMILES string of the molecule is CC(C)c1nc(C(=O)Nc2ccc(C#N)cc2)cs1. The Labute approximate surface area is 115 Å². The molecule has 5 heteroatoms. The number of anilines is 1. The molecule has 0 unspecified atom stereocenters. The van der Waals surface area contributed by atoms with E-state index in [1.165, 1.54) is 11.3 Å². The number of amides is 1. The smallest absolute Gasteiger partial charge is 0.275 e. The molecule has 0 fully saturated rings. The number of aromatic nitrogens is 1. The van der Waals surface area contributed by atoms with Crippen LogP contribution >= 0.6 is 11.3 Å². The molecule has 0 spiro atoms. The summed E-state index contributed by atoms with van der Waals surface area (Å²) in [6.45, 7) is 4.09. The first-order valence-corrected chi connectivity index (χ1v) is 6.75. The van der Waals surface area contributed by atoms with Crippen LogP contribution < -0.4 is 5.32 Å². The van der Waals surface area contributed by atoms with Crippen LogP contribution in [0.3, 0.4) is 0 Å². The van der Waals surface area contributed by atoms with E-state index in [2.05, 4.69) is 10.3 Å². The molecule has 1 N–H and O–H groups in total.